The predicted molar refractivity (Wildman–Crippen MR) is 202 cm³/mol. The Morgan fingerprint density at radius 2 is 0.481 bits per heavy atom. The molecule has 0 heterocycles. The molecule has 54 heavy (non-hydrogen) atoms. The molecule has 0 saturated carbocycles. The molecule has 0 amide bonds. The van der Waals surface area contributed by atoms with Crippen LogP contribution in [0.3, 0.4) is 0 Å². The standard InChI is InChI=1S/C24H50O4S.C12H26O4S.3Na.H2O4S/c1-3-5-7-9-11-13-15-17-19-21-23-27-29(25,26)28-24-22-20-18-16-14-12-10-8-6-4-2;1-2-3-4-5-6-7-8-9-10-11-12-16-17(13,14)15;;;;1-5(2,3)4/h3-24H2,1-2H3;2-12H2,1H3,(H,13,14,15);;;;(H2,1,2,3,4)/q;;3*+1;/p-3. The molecule has 0 atom stereocenters. The van der Waals surface area contributed by atoms with E-state index in [1.165, 1.54) is 135 Å². The van der Waals surface area contributed by atoms with Crippen LogP contribution in [0.1, 0.15) is 213 Å². The van der Waals surface area contributed by atoms with E-state index in [1.807, 2.05) is 0 Å². The molecule has 0 aromatic heterocycles. The van der Waals surface area contributed by atoms with Crippen LogP contribution in [-0.4, -0.2) is 58.7 Å². The van der Waals surface area contributed by atoms with Crippen molar-refractivity contribution in [3.05, 3.63) is 0 Å². The molecule has 0 aromatic carbocycles. The van der Waals surface area contributed by atoms with E-state index in [-0.39, 0.29) is 108 Å². The second-order valence-electron chi connectivity index (χ2n) is 13.2. The van der Waals surface area contributed by atoms with Crippen molar-refractivity contribution in [3.8, 4) is 0 Å². The van der Waals surface area contributed by atoms with Crippen LogP contribution in [0, 0.1) is 0 Å². The van der Waals surface area contributed by atoms with Crippen molar-refractivity contribution in [1.82, 2.24) is 0 Å². The molecular weight excluding hydrogens is 790 g/mol. The van der Waals surface area contributed by atoms with Gasteiger partial charge in [0.1, 0.15) is 0 Å². The van der Waals surface area contributed by atoms with E-state index in [9.17, 15) is 21.4 Å². The largest absolute Gasteiger partial charge is 1.00 e. The molecule has 0 spiro atoms. The molecule has 0 bridgehead atoms. The van der Waals surface area contributed by atoms with Crippen LogP contribution >= 0.6 is 0 Å². The van der Waals surface area contributed by atoms with Gasteiger partial charge in [0.25, 0.3) is 0 Å². The van der Waals surface area contributed by atoms with Crippen LogP contribution < -0.4 is 88.7 Å². The molecule has 0 saturated heterocycles. The van der Waals surface area contributed by atoms with Crippen LogP contribution in [0.5, 0.6) is 0 Å². The van der Waals surface area contributed by atoms with Crippen LogP contribution in [0.2, 0.25) is 0 Å². The first-order valence-corrected chi connectivity index (χ1v) is 24.0. The zero-order valence-electron chi connectivity index (χ0n) is 35.5. The molecule has 0 fully saturated rings. The Hall–Kier alpha value is 2.61. The summed E-state index contributed by atoms with van der Waals surface area (Å²) in [7, 11) is -13.5. The van der Waals surface area contributed by atoms with Gasteiger partial charge in [-0.15, -0.1) is 0 Å². The third-order valence-electron chi connectivity index (χ3n) is 8.18. The summed E-state index contributed by atoms with van der Waals surface area (Å²) >= 11 is 0. The molecule has 0 aliphatic heterocycles. The smallest absolute Gasteiger partial charge is 0.759 e. The Bertz CT molecular complexity index is 981. The molecule has 18 heteroatoms. The van der Waals surface area contributed by atoms with E-state index in [0.717, 1.165) is 51.4 Å². The van der Waals surface area contributed by atoms with Crippen molar-refractivity contribution in [2.45, 2.75) is 213 Å². The number of hydrogen-bond donors (Lipinski definition) is 0. The molecule has 0 aliphatic carbocycles. The van der Waals surface area contributed by atoms with Crippen LogP contribution in [0.15, 0.2) is 0 Å². The van der Waals surface area contributed by atoms with E-state index in [1.54, 1.807) is 0 Å². The zero-order valence-corrected chi connectivity index (χ0v) is 43.9. The van der Waals surface area contributed by atoms with Crippen LogP contribution in [0.4, 0.5) is 0 Å². The van der Waals surface area contributed by atoms with E-state index in [4.69, 9.17) is 25.9 Å². The second kappa shape index (κ2) is 51.8. The van der Waals surface area contributed by atoms with E-state index in [0.29, 0.717) is 6.42 Å². The van der Waals surface area contributed by atoms with Gasteiger partial charge in [0.2, 0.25) is 10.4 Å². The van der Waals surface area contributed by atoms with Crippen molar-refractivity contribution in [2.75, 3.05) is 19.8 Å². The molecule has 0 radical (unpaired) electrons. The third kappa shape index (κ3) is 78.9. The Morgan fingerprint density at radius 1 is 0.315 bits per heavy atom. The summed E-state index contributed by atoms with van der Waals surface area (Å²) < 4.78 is 102. The first-order chi connectivity index (χ1) is 24.2. The SMILES string of the molecule is CCCCCCCCCCCCOS(=O)(=O)OCCCCCCCCCCCC.CCCCCCCCCCCCOS(=O)(=O)[O-].O=S(=O)([O-])[O-].[Na+].[Na+].[Na+]. The van der Waals surface area contributed by atoms with E-state index in [2.05, 4.69) is 25.0 Å². The second-order valence-corrected chi connectivity index (χ2v) is 16.4. The van der Waals surface area contributed by atoms with Gasteiger partial charge in [-0.2, -0.15) is 8.42 Å². The fourth-order valence-electron chi connectivity index (χ4n) is 5.29. The fraction of sp³-hybridized carbons (Fsp3) is 1.00. The quantitative estimate of drug-likeness (QED) is 0.0378. The van der Waals surface area contributed by atoms with Gasteiger partial charge in [-0.25, -0.2) is 16.8 Å². The van der Waals surface area contributed by atoms with Crippen molar-refractivity contribution in [3.63, 3.8) is 0 Å². The maximum absolute atomic E-state index is 11.7. The maximum Gasteiger partial charge on any atom is 1.00 e. The molecule has 0 unspecified atom stereocenters. The van der Waals surface area contributed by atoms with Gasteiger partial charge >= 0.3 is 99.1 Å². The number of rotatable bonds is 36. The summed E-state index contributed by atoms with van der Waals surface area (Å²) in [4.78, 5) is 0. The van der Waals surface area contributed by atoms with Gasteiger partial charge in [-0.3, -0.25) is 12.6 Å². The summed E-state index contributed by atoms with van der Waals surface area (Å²) in [5.74, 6) is 0. The van der Waals surface area contributed by atoms with Gasteiger partial charge in [-0.05, 0) is 19.3 Å². The van der Waals surface area contributed by atoms with Crippen LogP contribution in [0.25, 0.3) is 0 Å². The van der Waals surface area contributed by atoms with Crippen molar-refractivity contribution < 1.29 is 140 Å². The molecular formula is C36H75Na3O12S3. The molecule has 312 valence electrons. The minimum absolute atomic E-state index is 0. The van der Waals surface area contributed by atoms with E-state index < -0.39 is 31.2 Å². The monoisotopic (exact) mass is 864 g/mol. The Morgan fingerprint density at radius 3 is 0.667 bits per heavy atom. The topological polar surface area (TPSA) is 199 Å². The number of hydrogen-bond acceptors (Lipinski definition) is 12. The summed E-state index contributed by atoms with van der Waals surface area (Å²) in [6, 6.07) is 0. The first-order valence-electron chi connectivity index (χ1n) is 20.0. The summed E-state index contributed by atoms with van der Waals surface area (Å²) in [6.07, 6.45) is 36.1. The minimum Gasteiger partial charge on any atom is -0.759 e. The van der Waals surface area contributed by atoms with Crippen molar-refractivity contribution >= 4 is 31.2 Å². The molecule has 0 aromatic rings. The van der Waals surface area contributed by atoms with Crippen molar-refractivity contribution in [1.29, 1.82) is 0 Å². The number of unbranched alkanes of at least 4 members (excludes halogenated alkanes) is 27. The maximum atomic E-state index is 11.7. The van der Waals surface area contributed by atoms with Gasteiger partial charge in [0.05, 0.1) is 19.8 Å². The van der Waals surface area contributed by atoms with Gasteiger partial charge in [0, 0.05) is 10.4 Å². The third-order valence-corrected chi connectivity index (χ3v) is 9.54. The Balaban J connectivity index is -0.000000196. The average Bonchev–Trinajstić information content (AvgIpc) is 3.04. The zero-order chi connectivity index (χ0) is 39.0. The molecule has 0 N–H and O–H groups in total. The minimum atomic E-state index is -5.17. The first kappa shape index (κ1) is 68.3. The summed E-state index contributed by atoms with van der Waals surface area (Å²) in [6.45, 7) is 7.22. The van der Waals surface area contributed by atoms with Crippen molar-refractivity contribution in [2.24, 2.45) is 0 Å². The normalized spacial score (nSPS) is 11.2. The summed E-state index contributed by atoms with van der Waals surface area (Å²) in [5, 5.41) is 0. The van der Waals surface area contributed by atoms with Gasteiger partial charge in [-0.1, -0.05) is 194 Å². The molecule has 0 rings (SSSR count). The molecule has 12 nitrogen and oxygen atoms in total. The Kier molecular flexibility index (Phi) is 65.5. The van der Waals surface area contributed by atoms with E-state index >= 15 is 0 Å². The summed E-state index contributed by atoms with van der Waals surface area (Å²) in [5.41, 5.74) is 0. The predicted octanol–water partition coefficient (Wildman–Crippen LogP) is 1.16. The van der Waals surface area contributed by atoms with Crippen LogP contribution in [-0.2, 0) is 43.7 Å². The molecule has 0 aliphatic rings. The Labute approximate surface area is 400 Å². The average molecular weight is 865 g/mol. The van der Waals surface area contributed by atoms with Gasteiger partial charge < -0.3 is 13.7 Å². The fourth-order valence-corrected chi connectivity index (χ4v) is 6.32. The van der Waals surface area contributed by atoms with Gasteiger partial charge in [0.15, 0.2) is 0 Å².